The Kier molecular flexibility index (Phi) is 4.75. The van der Waals surface area contributed by atoms with Crippen LogP contribution >= 0.6 is 0 Å². The second-order valence-corrected chi connectivity index (χ2v) is 5.56. The fourth-order valence-corrected chi connectivity index (χ4v) is 2.66. The van der Waals surface area contributed by atoms with Gasteiger partial charge in [-0.1, -0.05) is 6.92 Å². The van der Waals surface area contributed by atoms with E-state index in [1.165, 1.54) is 19.3 Å². The highest BCUT2D eigenvalue weighted by atomic mass is 16.4. The number of hydrogen-bond acceptors (Lipinski definition) is 4. The molecule has 2 atom stereocenters. The number of likely N-dealkylation sites (tertiary alicyclic amines) is 1. The quantitative estimate of drug-likeness (QED) is 0.849. The highest BCUT2D eigenvalue weighted by molar-refractivity contribution is 5.96. The molecule has 7 nitrogen and oxygen atoms in total. The van der Waals surface area contributed by atoms with Gasteiger partial charge in [-0.2, -0.15) is 0 Å². The summed E-state index contributed by atoms with van der Waals surface area (Å²) in [4.78, 5) is 40.3. The molecule has 2 amide bonds. The third-order valence-electron chi connectivity index (χ3n) is 3.96. The summed E-state index contributed by atoms with van der Waals surface area (Å²) in [6.07, 6.45) is 1.45. The summed E-state index contributed by atoms with van der Waals surface area (Å²) in [5, 5.41) is 11.4. The molecule has 1 saturated heterocycles. The molecule has 2 rings (SSSR count). The van der Waals surface area contributed by atoms with Gasteiger partial charge in [-0.05, 0) is 24.0 Å². The van der Waals surface area contributed by atoms with E-state index in [4.69, 9.17) is 5.11 Å². The monoisotopic (exact) mass is 305 g/mol. The largest absolute Gasteiger partial charge is 0.481 e. The van der Waals surface area contributed by atoms with E-state index in [0.29, 0.717) is 18.7 Å². The molecule has 0 unspecified atom stereocenters. The van der Waals surface area contributed by atoms with Crippen LogP contribution in [0.3, 0.4) is 0 Å². The molecule has 1 aliphatic rings. The molecule has 22 heavy (non-hydrogen) atoms. The minimum Gasteiger partial charge on any atom is -0.481 e. The van der Waals surface area contributed by atoms with E-state index in [9.17, 15) is 14.4 Å². The zero-order chi connectivity index (χ0) is 16.3. The minimum atomic E-state index is -0.845. The fourth-order valence-electron chi connectivity index (χ4n) is 2.66. The highest BCUT2D eigenvalue weighted by Gasteiger charge is 2.34. The molecule has 1 aromatic rings. The molecule has 2 heterocycles. The van der Waals surface area contributed by atoms with Crippen LogP contribution in [0.2, 0.25) is 0 Å². The summed E-state index contributed by atoms with van der Waals surface area (Å²) in [6.45, 7) is 2.92. The molecule has 0 radical (unpaired) electrons. The first-order valence-electron chi connectivity index (χ1n) is 7.11. The topological polar surface area (TPSA) is 99.6 Å². The van der Waals surface area contributed by atoms with Crippen molar-refractivity contribution in [3.63, 3.8) is 0 Å². The number of carboxylic acids is 1. The summed E-state index contributed by atoms with van der Waals surface area (Å²) < 4.78 is 0. The summed E-state index contributed by atoms with van der Waals surface area (Å²) in [5.74, 6) is -1.22. The number of amides is 2. The minimum absolute atomic E-state index is 0.0282. The zero-order valence-corrected chi connectivity index (χ0v) is 12.6. The van der Waals surface area contributed by atoms with Gasteiger partial charge >= 0.3 is 5.97 Å². The standard InChI is InChI=1S/C15H19N3O4/c1-9-7-18(8-11(9)5-13(19)20)15(22)10-3-4-12(17-6-10)14(21)16-2/h3-4,6,9,11H,5,7-8H2,1-2H3,(H,16,21)(H,19,20)/t9-,11-/m1/s1. The first-order valence-corrected chi connectivity index (χ1v) is 7.11. The number of aliphatic carboxylic acids is 1. The van der Waals surface area contributed by atoms with Crippen molar-refractivity contribution in [3.8, 4) is 0 Å². The second kappa shape index (κ2) is 6.55. The number of rotatable bonds is 4. The number of hydrogen-bond donors (Lipinski definition) is 2. The highest BCUT2D eigenvalue weighted by Crippen LogP contribution is 2.27. The molecular weight excluding hydrogens is 286 g/mol. The van der Waals surface area contributed by atoms with Crippen LogP contribution in [0.25, 0.3) is 0 Å². The van der Waals surface area contributed by atoms with E-state index in [1.807, 2.05) is 6.92 Å². The summed E-state index contributed by atoms with van der Waals surface area (Å²) >= 11 is 0. The van der Waals surface area contributed by atoms with Crippen molar-refractivity contribution in [3.05, 3.63) is 29.6 Å². The van der Waals surface area contributed by atoms with Gasteiger partial charge in [0.15, 0.2) is 0 Å². The Morgan fingerprint density at radius 2 is 2.09 bits per heavy atom. The second-order valence-electron chi connectivity index (χ2n) is 5.56. The maximum absolute atomic E-state index is 12.4. The Balaban J connectivity index is 2.06. The Morgan fingerprint density at radius 3 is 2.64 bits per heavy atom. The SMILES string of the molecule is CNC(=O)c1ccc(C(=O)N2C[C@@H](CC(=O)O)[C@H](C)C2)cn1. The van der Waals surface area contributed by atoms with Crippen molar-refractivity contribution in [2.75, 3.05) is 20.1 Å². The molecule has 0 aromatic carbocycles. The Hall–Kier alpha value is -2.44. The molecule has 0 spiro atoms. The van der Waals surface area contributed by atoms with E-state index in [1.54, 1.807) is 11.0 Å². The number of nitrogens with zero attached hydrogens (tertiary/aromatic N) is 2. The van der Waals surface area contributed by atoms with Gasteiger partial charge in [0.1, 0.15) is 5.69 Å². The lowest BCUT2D eigenvalue weighted by Gasteiger charge is -2.16. The molecule has 1 aliphatic heterocycles. The molecular formula is C15H19N3O4. The van der Waals surface area contributed by atoms with E-state index in [-0.39, 0.29) is 35.8 Å². The van der Waals surface area contributed by atoms with E-state index in [2.05, 4.69) is 10.3 Å². The average molecular weight is 305 g/mol. The van der Waals surface area contributed by atoms with E-state index < -0.39 is 5.97 Å². The Bertz CT molecular complexity index is 585. The van der Waals surface area contributed by atoms with Crippen molar-refractivity contribution in [1.29, 1.82) is 0 Å². The van der Waals surface area contributed by atoms with Crippen LogP contribution in [0.1, 0.15) is 34.2 Å². The lowest BCUT2D eigenvalue weighted by molar-refractivity contribution is -0.138. The predicted molar refractivity (Wildman–Crippen MR) is 78.4 cm³/mol. The first-order chi connectivity index (χ1) is 10.4. The van der Waals surface area contributed by atoms with Gasteiger partial charge in [0, 0.05) is 26.3 Å². The lowest BCUT2D eigenvalue weighted by Crippen LogP contribution is -2.29. The predicted octanol–water partition coefficient (Wildman–Crippen LogP) is 0.624. The smallest absolute Gasteiger partial charge is 0.303 e. The fraction of sp³-hybridized carbons (Fsp3) is 0.467. The van der Waals surface area contributed by atoms with Crippen molar-refractivity contribution in [1.82, 2.24) is 15.2 Å². The number of carbonyl (C=O) groups excluding carboxylic acids is 2. The molecule has 0 aliphatic carbocycles. The first kappa shape index (κ1) is 15.9. The van der Waals surface area contributed by atoms with Crippen molar-refractivity contribution in [2.45, 2.75) is 13.3 Å². The van der Waals surface area contributed by atoms with Gasteiger partial charge in [0.2, 0.25) is 0 Å². The third-order valence-corrected chi connectivity index (χ3v) is 3.96. The molecule has 1 fully saturated rings. The Morgan fingerprint density at radius 1 is 1.36 bits per heavy atom. The van der Waals surface area contributed by atoms with Crippen LogP contribution in [0.4, 0.5) is 0 Å². The summed E-state index contributed by atoms with van der Waals surface area (Å²) in [6, 6.07) is 3.06. The van der Waals surface area contributed by atoms with Gasteiger partial charge in [-0.15, -0.1) is 0 Å². The lowest BCUT2D eigenvalue weighted by atomic mass is 9.95. The van der Waals surface area contributed by atoms with Crippen molar-refractivity contribution >= 4 is 17.8 Å². The van der Waals surface area contributed by atoms with E-state index in [0.717, 1.165) is 0 Å². The van der Waals surface area contributed by atoms with Gasteiger partial charge in [-0.3, -0.25) is 19.4 Å². The number of nitrogens with one attached hydrogen (secondary N) is 1. The van der Waals surface area contributed by atoms with Crippen molar-refractivity contribution in [2.24, 2.45) is 11.8 Å². The van der Waals surface area contributed by atoms with E-state index >= 15 is 0 Å². The molecule has 1 aromatic heterocycles. The maximum atomic E-state index is 12.4. The number of carboxylic acid groups (broad SMARTS) is 1. The summed E-state index contributed by atoms with van der Waals surface area (Å²) in [7, 11) is 1.51. The van der Waals surface area contributed by atoms with Crippen LogP contribution in [-0.2, 0) is 4.79 Å². The number of pyridine rings is 1. The number of carbonyl (C=O) groups is 3. The van der Waals surface area contributed by atoms with Crippen LogP contribution in [0.5, 0.6) is 0 Å². The molecule has 2 N–H and O–H groups in total. The van der Waals surface area contributed by atoms with Gasteiger partial charge in [0.25, 0.3) is 11.8 Å². The molecule has 0 bridgehead atoms. The maximum Gasteiger partial charge on any atom is 0.303 e. The van der Waals surface area contributed by atoms with Crippen LogP contribution in [0, 0.1) is 11.8 Å². The van der Waals surface area contributed by atoms with Gasteiger partial charge in [0.05, 0.1) is 12.0 Å². The van der Waals surface area contributed by atoms with Crippen molar-refractivity contribution < 1.29 is 19.5 Å². The summed E-state index contributed by atoms with van der Waals surface area (Å²) in [5.41, 5.74) is 0.647. The normalized spacial score (nSPS) is 20.7. The van der Waals surface area contributed by atoms with Crippen LogP contribution < -0.4 is 5.32 Å². The molecule has 7 heteroatoms. The zero-order valence-electron chi connectivity index (χ0n) is 12.6. The third kappa shape index (κ3) is 3.41. The van der Waals surface area contributed by atoms with Crippen LogP contribution in [0.15, 0.2) is 18.3 Å². The number of aromatic nitrogens is 1. The average Bonchev–Trinajstić information content (AvgIpc) is 2.86. The molecule has 118 valence electrons. The van der Waals surface area contributed by atoms with Gasteiger partial charge < -0.3 is 15.3 Å². The van der Waals surface area contributed by atoms with Gasteiger partial charge in [-0.25, -0.2) is 0 Å². The van der Waals surface area contributed by atoms with Crippen LogP contribution in [-0.4, -0.2) is 52.9 Å². The Labute approximate surface area is 128 Å². The molecule has 0 saturated carbocycles.